The summed E-state index contributed by atoms with van der Waals surface area (Å²) in [7, 11) is -2.22. The summed E-state index contributed by atoms with van der Waals surface area (Å²) >= 11 is 0. The lowest BCUT2D eigenvalue weighted by molar-refractivity contribution is 0.393. The molecule has 2 nitrogen and oxygen atoms in total. The monoisotopic (exact) mass is 181 g/mol. The van der Waals surface area contributed by atoms with Crippen LogP contribution in [0.15, 0.2) is 30.2 Å². The molecule has 13 heavy (non-hydrogen) atoms. The van der Waals surface area contributed by atoms with Crippen LogP contribution in [0, 0.1) is 0 Å². The molecule has 2 N–H and O–H groups in total. The van der Waals surface area contributed by atoms with Gasteiger partial charge in [-0.25, -0.2) is 0 Å². The zero-order chi connectivity index (χ0) is 15.4. The molecule has 66 valence electrons. The summed E-state index contributed by atoms with van der Waals surface area (Å²) in [6, 6.07) is -3.16. The Kier molecular flexibility index (Phi) is 0.930. The summed E-state index contributed by atoms with van der Waals surface area (Å²) in [5.74, 6) is -2.21. The molecule has 0 radical (unpaired) electrons. The zero-order valence-corrected chi connectivity index (χ0v) is 6.68. The minimum atomic E-state index is -2.22. The highest BCUT2D eigenvalue weighted by Crippen LogP contribution is 2.26. The second kappa shape index (κ2) is 3.36. The van der Waals surface area contributed by atoms with E-state index in [9.17, 15) is 10.0 Å². The van der Waals surface area contributed by atoms with Crippen LogP contribution in [0.5, 0.6) is 0 Å². The highest BCUT2D eigenvalue weighted by molar-refractivity contribution is 6.44. The molecule has 1 atom stereocenters. The molecule has 0 spiro atoms. The Labute approximate surface area is 87.5 Å². The van der Waals surface area contributed by atoms with Gasteiger partial charge in [-0.2, -0.15) is 0 Å². The summed E-state index contributed by atoms with van der Waals surface area (Å²) < 4.78 is 54.1. The van der Waals surface area contributed by atoms with Crippen molar-refractivity contribution in [2.45, 2.75) is 12.2 Å². The van der Waals surface area contributed by atoms with Crippen LogP contribution >= 0.6 is 0 Å². The predicted octanol–water partition coefficient (Wildman–Crippen LogP) is 1.10. The van der Waals surface area contributed by atoms with Crippen molar-refractivity contribution in [1.29, 1.82) is 0 Å². The summed E-state index contributed by atoms with van der Waals surface area (Å²) in [6.07, 6.45) is -0.460. The molecular weight excluding hydrogens is 163 g/mol. The van der Waals surface area contributed by atoms with Gasteiger partial charge in [-0.1, -0.05) is 36.3 Å². The topological polar surface area (TPSA) is 40.5 Å². The normalized spacial score (nSPS) is 34.5. The van der Waals surface area contributed by atoms with E-state index in [1.54, 1.807) is 0 Å². The van der Waals surface area contributed by atoms with Crippen molar-refractivity contribution in [3.63, 3.8) is 0 Å². The molecule has 0 aromatic heterocycles. The van der Waals surface area contributed by atoms with Gasteiger partial charge in [0.25, 0.3) is 0 Å². The Morgan fingerprint density at radius 1 is 1.46 bits per heavy atom. The fourth-order valence-corrected chi connectivity index (χ4v) is 1.11. The molecule has 0 saturated carbocycles. The van der Waals surface area contributed by atoms with Gasteiger partial charge in [-0.15, -0.1) is 0 Å². The molecule has 0 bridgehead atoms. The van der Waals surface area contributed by atoms with Crippen molar-refractivity contribution in [1.82, 2.24) is 0 Å². The van der Waals surface area contributed by atoms with Crippen LogP contribution in [0.25, 0.3) is 6.05 Å². The van der Waals surface area contributed by atoms with Gasteiger partial charge in [0, 0.05) is 7.16 Å². The molecule has 0 aliphatic heterocycles. The van der Waals surface area contributed by atoms with E-state index in [1.165, 1.54) is 0 Å². The highest BCUT2D eigenvalue weighted by Gasteiger charge is 2.23. The molecule has 1 aromatic carbocycles. The van der Waals surface area contributed by atoms with Crippen molar-refractivity contribution in [3.05, 3.63) is 41.3 Å². The molecule has 2 rings (SSSR count). The first-order chi connectivity index (χ1) is 9.12. The Morgan fingerprint density at radius 2 is 2.23 bits per heavy atom. The third-order valence-corrected chi connectivity index (χ3v) is 1.79. The summed E-state index contributed by atoms with van der Waals surface area (Å²) in [6.45, 7) is 0. The average Bonchev–Trinajstić information content (AvgIpc) is 2.39. The Balaban J connectivity index is 2.84. The van der Waals surface area contributed by atoms with Crippen LogP contribution in [0.1, 0.15) is 20.7 Å². The smallest absolute Gasteiger partial charge is 0.427 e. The van der Waals surface area contributed by atoms with E-state index >= 15 is 0 Å². The van der Waals surface area contributed by atoms with Crippen LogP contribution in [-0.2, 0) is 6.42 Å². The summed E-state index contributed by atoms with van der Waals surface area (Å²) in [5.41, 5.74) is -0.190. The molecule has 1 aliphatic rings. The van der Waals surface area contributed by atoms with Crippen molar-refractivity contribution < 1.29 is 19.6 Å². The summed E-state index contributed by atoms with van der Waals surface area (Å²) in [5, 5.41) is 18.5. The van der Waals surface area contributed by atoms with Gasteiger partial charge in [0.2, 0.25) is 0 Å². The molecule has 0 heterocycles. The van der Waals surface area contributed by atoms with Crippen LogP contribution in [0.2, 0.25) is 5.79 Å². The number of allylic oxidation sites excluding steroid dienone is 1. The largest absolute Gasteiger partial charge is 0.459 e. The van der Waals surface area contributed by atoms with E-state index in [-0.39, 0.29) is 11.1 Å². The quantitative estimate of drug-likeness (QED) is 0.637. The van der Waals surface area contributed by atoms with Crippen LogP contribution < -0.4 is 0 Å². The number of fused-ring (bicyclic) bond motifs is 1. The minimum Gasteiger partial charge on any atom is -0.427 e. The van der Waals surface area contributed by atoms with Crippen LogP contribution in [0.4, 0.5) is 0 Å². The molecule has 1 aromatic rings. The Morgan fingerprint density at radius 3 is 3.00 bits per heavy atom. The average molecular weight is 181 g/mol. The van der Waals surface area contributed by atoms with E-state index < -0.39 is 55.6 Å². The van der Waals surface area contributed by atoms with E-state index in [0.29, 0.717) is 0 Å². The van der Waals surface area contributed by atoms with Crippen LogP contribution in [0.3, 0.4) is 0 Å². The van der Waals surface area contributed by atoms with Gasteiger partial charge in [0.05, 0.1) is 8.22 Å². The van der Waals surface area contributed by atoms with Crippen molar-refractivity contribution in [2.75, 3.05) is 0 Å². The standard InChI is InChI=1S/C10H11BO2/c12-11(13)10-6-5-8-3-1-2-4-9(8)7-10/h1-6,10,12-13H,7H2/i1D,2D,3D,4D,5D,6D,10D. The van der Waals surface area contributed by atoms with Gasteiger partial charge in [-0.3, -0.25) is 0 Å². The lowest BCUT2D eigenvalue weighted by Gasteiger charge is -2.17. The molecule has 3 heteroatoms. The van der Waals surface area contributed by atoms with E-state index in [0.717, 1.165) is 0 Å². The van der Waals surface area contributed by atoms with E-state index in [4.69, 9.17) is 9.60 Å². The first kappa shape index (κ1) is 3.60. The second-order valence-electron chi connectivity index (χ2n) is 2.68. The van der Waals surface area contributed by atoms with E-state index in [2.05, 4.69) is 0 Å². The fourth-order valence-electron chi connectivity index (χ4n) is 1.11. The van der Waals surface area contributed by atoms with Crippen molar-refractivity contribution in [3.8, 4) is 0 Å². The SMILES string of the molecule is [2H]C1=C([2H])C([2H])(B(O)O)Cc2c([2H])c([2H])c([2H])c([2H])c21. The van der Waals surface area contributed by atoms with Gasteiger partial charge >= 0.3 is 7.12 Å². The molecular formula is C10H11BO2. The fraction of sp³-hybridized carbons (Fsp3) is 0.200. The number of hydrogen-bond donors (Lipinski definition) is 2. The van der Waals surface area contributed by atoms with E-state index in [1.807, 2.05) is 0 Å². The lowest BCUT2D eigenvalue weighted by atomic mass is 9.67. The number of hydrogen-bond acceptors (Lipinski definition) is 2. The molecule has 1 unspecified atom stereocenters. The number of rotatable bonds is 1. The maximum Gasteiger partial charge on any atom is 0.459 e. The van der Waals surface area contributed by atoms with Crippen molar-refractivity contribution in [2.24, 2.45) is 0 Å². The minimum absolute atomic E-state index is 0.0416. The first-order valence-electron chi connectivity index (χ1n) is 7.26. The Bertz CT molecular complexity index is 631. The molecule has 0 fully saturated rings. The van der Waals surface area contributed by atoms with Crippen molar-refractivity contribution >= 4 is 13.2 Å². The molecule has 0 amide bonds. The maximum absolute atomic E-state index is 9.27. The zero-order valence-electron chi connectivity index (χ0n) is 13.7. The molecule has 1 aliphatic carbocycles. The highest BCUT2D eigenvalue weighted by atomic mass is 16.4. The van der Waals surface area contributed by atoms with Gasteiger partial charge in [0.1, 0.15) is 0 Å². The van der Waals surface area contributed by atoms with Gasteiger partial charge < -0.3 is 10.0 Å². The third kappa shape index (κ3) is 1.66. The lowest BCUT2D eigenvalue weighted by Crippen LogP contribution is -2.22. The van der Waals surface area contributed by atoms with Gasteiger partial charge in [-0.05, 0) is 17.5 Å². The predicted molar refractivity (Wildman–Crippen MR) is 53.1 cm³/mol. The second-order valence-corrected chi connectivity index (χ2v) is 2.68. The van der Waals surface area contributed by atoms with Crippen LogP contribution in [-0.4, -0.2) is 17.2 Å². The summed E-state index contributed by atoms with van der Waals surface area (Å²) in [4.78, 5) is 0. The number of benzene rings is 1. The third-order valence-electron chi connectivity index (χ3n) is 1.79. The first-order valence-corrected chi connectivity index (χ1v) is 3.76. The Hall–Kier alpha value is -1.06. The maximum atomic E-state index is 9.27. The molecule has 0 saturated heterocycles. The van der Waals surface area contributed by atoms with Gasteiger partial charge in [0.15, 0.2) is 0 Å².